The molecule has 0 aliphatic heterocycles. The monoisotopic (exact) mass is 406 g/mol. The van der Waals surface area contributed by atoms with Gasteiger partial charge in [0.05, 0.1) is 10.5 Å². The highest BCUT2D eigenvalue weighted by Gasteiger charge is 2.22. The maximum absolute atomic E-state index is 12.4. The average Bonchev–Trinajstić information content (AvgIpc) is 2.65. The summed E-state index contributed by atoms with van der Waals surface area (Å²) in [4.78, 5) is 23.9. The normalized spacial score (nSPS) is 11.5. The summed E-state index contributed by atoms with van der Waals surface area (Å²) in [6.45, 7) is 3.01. The van der Waals surface area contributed by atoms with Gasteiger partial charge in [-0.2, -0.15) is 4.31 Å². The summed E-state index contributed by atoms with van der Waals surface area (Å²) in [6.07, 6.45) is 0. The lowest BCUT2D eigenvalue weighted by molar-refractivity contribution is -0.119. The Balaban J connectivity index is 1.95. The molecule has 2 rings (SSSR count). The van der Waals surface area contributed by atoms with Crippen molar-refractivity contribution in [2.45, 2.75) is 24.8 Å². The number of esters is 1. The van der Waals surface area contributed by atoms with Gasteiger partial charge in [-0.1, -0.05) is 6.07 Å². The van der Waals surface area contributed by atoms with Crippen LogP contribution in [-0.4, -0.2) is 49.4 Å². The molecule has 2 aromatic carbocycles. The minimum Gasteiger partial charge on any atom is -0.508 e. The average molecular weight is 406 g/mol. The largest absolute Gasteiger partial charge is 0.508 e. The van der Waals surface area contributed by atoms with E-state index in [9.17, 15) is 23.1 Å². The molecule has 0 aliphatic rings. The molecule has 28 heavy (non-hydrogen) atoms. The van der Waals surface area contributed by atoms with Gasteiger partial charge in [0.1, 0.15) is 5.75 Å². The van der Waals surface area contributed by atoms with Crippen molar-refractivity contribution < 1.29 is 27.9 Å². The van der Waals surface area contributed by atoms with Gasteiger partial charge in [-0.3, -0.25) is 4.79 Å². The van der Waals surface area contributed by atoms with Crippen LogP contribution in [0.3, 0.4) is 0 Å². The van der Waals surface area contributed by atoms with E-state index in [1.807, 2.05) is 0 Å². The maximum atomic E-state index is 12.4. The number of phenols is 1. The molecule has 0 radical (unpaired) electrons. The van der Waals surface area contributed by atoms with Crippen molar-refractivity contribution in [3.63, 3.8) is 0 Å². The van der Waals surface area contributed by atoms with E-state index in [-0.39, 0.29) is 22.3 Å². The predicted molar refractivity (Wildman–Crippen MR) is 104 cm³/mol. The van der Waals surface area contributed by atoms with Gasteiger partial charge in [0.25, 0.3) is 5.91 Å². The smallest absolute Gasteiger partial charge is 0.338 e. The molecule has 0 aromatic heterocycles. The molecule has 8 nitrogen and oxygen atoms in total. The van der Waals surface area contributed by atoms with E-state index in [1.54, 1.807) is 13.8 Å². The Hall–Kier alpha value is -2.91. The second-order valence-corrected chi connectivity index (χ2v) is 8.31. The molecule has 0 aliphatic carbocycles. The first-order valence-electron chi connectivity index (χ1n) is 8.45. The van der Waals surface area contributed by atoms with Gasteiger partial charge >= 0.3 is 5.97 Å². The second kappa shape index (κ2) is 8.85. The fourth-order valence-electron chi connectivity index (χ4n) is 2.20. The van der Waals surface area contributed by atoms with E-state index in [4.69, 9.17) is 4.74 Å². The third kappa shape index (κ3) is 5.30. The molecule has 0 saturated heterocycles. The molecular weight excluding hydrogens is 384 g/mol. The van der Waals surface area contributed by atoms with Crippen molar-refractivity contribution in [2.24, 2.45) is 0 Å². The van der Waals surface area contributed by atoms with Crippen LogP contribution in [0.1, 0.15) is 24.2 Å². The van der Waals surface area contributed by atoms with Crippen LogP contribution >= 0.6 is 0 Å². The van der Waals surface area contributed by atoms with Crippen molar-refractivity contribution in [3.05, 3.63) is 54.1 Å². The predicted octanol–water partition coefficient (Wildman–Crippen LogP) is 2.22. The van der Waals surface area contributed by atoms with Gasteiger partial charge in [-0.15, -0.1) is 0 Å². The van der Waals surface area contributed by atoms with Gasteiger partial charge in [-0.25, -0.2) is 13.2 Å². The Morgan fingerprint density at radius 3 is 2.36 bits per heavy atom. The fourth-order valence-corrected chi connectivity index (χ4v) is 3.57. The van der Waals surface area contributed by atoms with Crippen LogP contribution in [0.4, 0.5) is 5.69 Å². The van der Waals surface area contributed by atoms with E-state index in [2.05, 4.69) is 5.32 Å². The fraction of sp³-hybridized carbons (Fsp3) is 0.263. The van der Waals surface area contributed by atoms with Gasteiger partial charge in [0.2, 0.25) is 10.0 Å². The first kappa shape index (κ1) is 21.4. The van der Waals surface area contributed by atoms with Crippen LogP contribution in [0.15, 0.2) is 53.4 Å². The Labute approximate surface area is 163 Å². The quantitative estimate of drug-likeness (QED) is 0.682. The van der Waals surface area contributed by atoms with Crippen molar-refractivity contribution in [3.8, 4) is 5.75 Å². The highest BCUT2D eigenvalue weighted by molar-refractivity contribution is 7.89. The molecule has 2 aromatic rings. The van der Waals surface area contributed by atoms with Crippen LogP contribution in [0.5, 0.6) is 5.75 Å². The standard InChI is InChI=1S/C19H22N2O6S/c1-13(2)21(3)28(25,26)17-9-7-15(8-10-17)20-18(23)12-27-19(24)14-5-4-6-16(22)11-14/h4-11,13,22H,12H2,1-3H3,(H,20,23). The lowest BCUT2D eigenvalue weighted by atomic mass is 10.2. The number of carbonyl (C=O) groups excluding carboxylic acids is 2. The Kier molecular flexibility index (Phi) is 6.76. The van der Waals surface area contributed by atoms with Gasteiger partial charge in [-0.05, 0) is 56.3 Å². The zero-order valence-electron chi connectivity index (χ0n) is 15.7. The van der Waals surface area contributed by atoms with Crippen molar-refractivity contribution in [2.75, 3.05) is 19.0 Å². The summed E-state index contributed by atoms with van der Waals surface area (Å²) in [5.41, 5.74) is 0.487. The Bertz CT molecular complexity index is 955. The highest BCUT2D eigenvalue weighted by atomic mass is 32.2. The summed E-state index contributed by atoms with van der Waals surface area (Å²) in [5.74, 6) is -1.41. The van der Waals surface area contributed by atoms with Crippen LogP contribution in [-0.2, 0) is 19.6 Å². The van der Waals surface area contributed by atoms with E-state index in [1.165, 1.54) is 59.9 Å². The van der Waals surface area contributed by atoms with Gasteiger partial charge in [0, 0.05) is 18.8 Å². The highest BCUT2D eigenvalue weighted by Crippen LogP contribution is 2.19. The summed E-state index contributed by atoms with van der Waals surface area (Å²) in [5, 5.41) is 11.9. The molecule has 9 heteroatoms. The SMILES string of the molecule is CC(C)N(C)S(=O)(=O)c1ccc(NC(=O)COC(=O)c2cccc(O)c2)cc1. The molecule has 2 N–H and O–H groups in total. The number of rotatable bonds is 7. The first-order valence-corrected chi connectivity index (χ1v) is 9.89. The van der Waals surface area contributed by atoms with Crippen molar-refractivity contribution in [1.29, 1.82) is 0 Å². The number of aromatic hydroxyl groups is 1. The van der Waals surface area contributed by atoms with Crippen LogP contribution < -0.4 is 5.32 Å². The number of ether oxygens (including phenoxy) is 1. The lowest BCUT2D eigenvalue weighted by Gasteiger charge is -2.21. The van der Waals surface area contributed by atoms with Crippen molar-refractivity contribution >= 4 is 27.6 Å². The molecule has 0 spiro atoms. The Morgan fingerprint density at radius 2 is 1.79 bits per heavy atom. The summed E-state index contributed by atoms with van der Waals surface area (Å²) in [7, 11) is -2.11. The number of hydrogen-bond acceptors (Lipinski definition) is 6. The molecule has 0 unspecified atom stereocenters. The van der Waals surface area contributed by atoms with Gasteiger partial charge in [0.15, 0.2) is 6.61 Å². The van der Waals surface area contributed by atoms with E-state index >= 15 is 0 Å². The summed E-state index contributed by atoms with van der Waals surface area (Å²) in [6, 6.07) is 11.1. The van der Waals surface area contributed by atoms with E-state index in [0.29, 0.717) is 5.69 Å². The second-order valence-electron chi connectivity index (χ2n) is 6.31. The molecule has 1 amide bonds. The maximum Gasteiger partial charge on any atom is 0.338 e. The number of carbonyl (C=O) groups is 2. The van der Waals surface area contributed by atoms with E-state index in [0.717, 1.165) is 0 Å². The molecule has 0 heterocycles. The number of hydrogen-bond donors (Lipinski definition) is 2. The van der Waals surface area contributed by atoms with Crippen LogP contribution in [0.2, 0.25) is 0 Å². The van der Waals surface area contributed by atoms with E-state index < -0.39 is 28.5 Å². The third-order valence-corrected chi connectivity index (χ3v) is 6.01. The molecular formula is C19H22N2O6S. The Morgan fingerprint density at radius 1 is 1.14 bits per heavy atom. The zero-order valence-corrected chi connectivity index (χ0v) is 16.6. The van der Waals surface area contributed by atoms with Crippen LogP contribution in [0.25, 0.3) is 0 Å². The number of nitrogens with one attached hydrogen (secondary N) is 1. The van der Waals surface area contributed by atoms with Gasteiger partial charge < -0.3 is 15.2 Å². The topological polar surface area (TPSA) is 113 Å². The number of nitrogens with zero attached hydrogens (tertiary/aromatic N) is 1. The number of anilines is 1. The number of phenolic OH excluding ortho intramolecular Hbond substituents is 1. The molecule has 0 saturated carbocycles. The molecule has 0 fully saturated rings. The number of amides is 1. The lowest BCUT2D eigenvalue weighted by Crippen LogP contribution is -2.33. The van der Waals surface area contributed by atoms with Crippen LogP contribution in [0, 0.1) is 0 Å². The minimum absolute atomic E-state index is 0.0861. The first-order chi connectivity index (χ1) is 13.1. The summed E-state index contributed by atoms with van der Waals surface area (Å²) < 4.78 is 31.0. The molecule has 0 atom stereocenters. The third-order valence-electron chi connectivity index (χ3n) is 3.96. The molecule has 0 bridgehead atoms. The molecule has 150 valence electrons. The number of benzene rings is 2. The summed E-state index contributed by atoms with van der Waals surface area (Å²) >= 11 is 0. The zero-order chi connectivity index (χ0) is 20.9. The number of sulfonamides is 1. The minimum atomic E-state index is -3.61. The van der Waals surface area contributed by atoms with Crippen molar-refractivity contribution in [1.82, 2.24) is 4.31 Å².